The lowest BCUT2D eigenvalue weighted by Gasteiger charge is -2.28. The minimum atomic E-state index is -1.65. The van der Waals surface area contributed by atoms with E-state index in [9.17, 15) is 58.7 Å². The summed E-state index contributed by atoms with van der Waals surface area (Å²) in [6, 6.07) is -2.47. The van der Waals surface area contributed by atoms with Gasteiger partial charge in [0.05, 0.1) is 17.8 Å². The van der Waals surface area contributed by atoms with Gasteiger partial charge in [-0.15, -0.1) is 0 Å². The van der Waals surface area contributed by atoms with Crippen LogP contribution in [0.2, 0.25) is 0 Å². The van der Waals surface area contributed by atoms with Gasteiger partial charge in [0.25, 0.3) is 5.69 Å². The Hall–Kier alpha value is -5.62. The van der Waals surface area contributed by atoms with Crippen molar-refractivity contribution in [1.29, 1.82) is 0 Å². The average Bonchev–Trinajstić information content (AvgIpc) is 2.96. The molecule has 5 unspecified atom stereocenters. The summed E-state index contributed by atoms with van der Waals surface area (Å²) in [5.41, 5.74) is -0.174. The van der Waals surface area contributed by atoms with Crippen LogP contribution in [-0.2, 0) is 38.4 Å². The fourth-order valence-corrected chi connectivity index (χ4v) is 4.13. The maximum atomic E-state index is 13.2. The summed E-state index contributed by atoms with van der Waals surface area (Å²) in [7, 11) is 0. The Balaban J connectivity index is 3.03. The molecule has 1 aromatic rings. The minimum absolute atomic E-state index is 0.0827. The number of nitrogens with one attached hydrogen (secondary N) is 6. The number of carbonyl (C=O) groups excluding carboxylic acids is 6. The van der Waals surface area contributed by atoms with E-state index in [0.717, 1.165) is 12.1 Å². The third-order valence-corrected chi connectivity index (χ3v) is 6.68. The molecule has 0 aliphatic rings. The summed E-state index contributed by atoms with van der Waals surface area (Å²) in [4.78, 5) is 109. The zero-order chi connectivity index (χ0) is 36.9. The molecule has 0 fully saturated rings. The highest BCUT2D eigenvalue weighted by molar-refractivity contribution is 6.01. The molecule has 5 atom stereocenters. The van der Waals surface area contributed by atoms with Gasteiger partial charge in [0, 0.05) is 24.7 Å². The van der Waals surface area contributed by atoms with Crippen LogP contribution < -0.4 is 31.9 Å². The van der Waals surface area contributed by atoms with E-state index >= 15 is 0 Å². The summed E-state index contributed by atoms with van der Waals surface area (Å²) < 4.78 is 0. The Morgan fingerprint density at radius 1 is 0.646 bits per heavy atom. The van der Waals surface area contributed by atoms with Crippen LogP contribution in [0.5, 0.6) is 0 Å². The zero-order valence-electron chi connectivity index (χ0n) is 27.2. The number of carboxylic acid groups (broad SMARTS) is 2. The monoisotopic (exact) mass is 679 g/mol. The van der Waals surface area contributed by atoms with E-state index in [4.69, 9.17) is 0 Å². The number of carboxylic acids is 2. The van der Waals surface area contributed by atoms with Gasteiger partial charge in [0.1, 0.15) is 30.2 Å². The van der Waals surface area contributed by atoms with Gasteiger partial charge < -0.3 is 42.1 Å². The molecule has 264 valence electrons. The lowest BCUT2D eigenvalue weighted by molar-refractivity contribution is -0.384. The van der Waals surface area contributed by atoms with E-state index < -0.39 is 107 Å². The molecule has 1 rings (SSSR count). The lowest BCUT2D eigenvalue weighted by atomic mass is 10.0. The highest BCUT2D eigenvalue weighted by atomic mass is 16.6. The number of nitro groups is 1. The zero-order valence-corrected chi connectivity index (χ0v) is 27.2. The molecule has 1 aromatic carbocycles. The molecule has 48 heavy (non-hydrogen) atoms. The molecular formula is C29H41N7O12. The molecule has 0 radical (unpaired) electrons. The van der Waals surface area contributed by atoms with E-state index in [0.29, 0.717) is 0 Å². The SMILES string of the molecule is CC(=O)NC(C(=O)NC(CC(=O)O)C(=O)NC(C(=O)NC(C)C(=O)NC(CC(=O)O)C(=O)Nc1ccc([N+](=O)[O-])cc1)C(C)C)C(C)C. The summed E-state index contributed by atoms with van der Waals surface area (Å²) in [5, 5.41) is 43.4. The molecule has 0 aliphatic heterocycles. The second-order valence-electron chi connectivity index (χ2n) is 11.5. The molecule has 6 amide bonds. The molecular weight excluding hydrogens is 638 g/mol. The van der Waals surface area contributed by atoms with Crippen LogP contribution in [0.3, 0.4) is 0 Å². The fourth-order valence-electron chi connectivity index (χ4n) is 4.13. The highest BCUT2D eigenvalue weighted by Gasteiger charge is 2.34. The molecule has 0 aromatic heterocycles. The molecule has 0 bridgehead atoms. The minimum Gasteiger partial charge on any atom is -0.481 e. The van der Waals surface area contributed by atoms with Gasteiger partial charge in [-0.25, -0.2) is 0 Å². The van der Waals surface area contributed by atoms with E-state index in [1.807, 2.05) is 0 Å². The van der Waals surface area contributed by atoms with Crippen molar-refractivity contribution in [2.24, 2.45) is 11.8 Å². The number of hydrogen-bond donors (Lipinski definition) is 8. The van der Waals surface area contributed by atoms with Gasteiger partial charge >= 0.3 is 11.9 Å². The predicted molar refractivity (Wildman–Crippen MR) is 167 cm³/mol. The largest absolute Gasteiger partial charge is 0.481 e. The number of hydrogen-bond acceptors (Lipinski definition) is 10. The van der Waals surface area contributed by atoms with E-state index in [1.165, 1.54) is 39.8 Å². The Morgan fingerprint density at radius 2 is 1.08 bits per heavy atom. The van der Waals surface area contributed by atoms with Crippen molar-refractivity contribution >= 4 is 58.8 Å². The van der Waals surface area contributed by atoms with Crippen molar-refractivity contribution in [1.82, 2.24) is 26.6 Å². The van der Waals surface area contributed by atoms with E-state index in [-0.39, 0.29) is 11.4 Å². The van der Waals surface area contributed by atoms with Crippen molar-refractivity contribution < 1.29 is 53.5 Å². The smallest absolute Gasteiger partial charge is 0.305 e. The topological polar surface area (TPSA) is 292 Å². The van der Waals surface area contributed by atoms with Crippen LogP contribution in [0.4, 0.5) is 11.4 Å². The fraction of sp³-hybridized carbons (Fsp3) is 0.517. The Morgan fingerprint density at radius 3 is 1.52 bits per heavy atom. The van der Waals surface area contributed by atoms with Gasteiger partial charge in [0.2, 0.25) is 35.4 Å². The van der Waals surface area contributed by atoms with Crippen LogP contribution in [0.1, 0.15) is 54.4 Å². The molecule has 0 aliphatic carbocycles. The second kappa shape index (κ2) is 18.5. The van der Waals surface area contributed by atoms with Gasteiger partial charge in [-0.2, -0.15) is 0 Å². The molecule has 0 saturated heterocycles. The van der Waals surface area contributed by atoms with Crippen LogP contribution in [0, 0.1) is 22.0 Å². The van der Waals surface area contributed by atoms with Crippen molar-refractivity contribution in [2.45, 2.75) is 84.6 Å². The van der Waals surface area contributed by atoms with Gasteiger partial charge in [0.15, 0.2) is 0 Å². The highest BCUT2D eigenvalue weighted by Crippen LogP contribution is 2.16. The van der Waals surface area contributed by atoms with E-state index in [1.54, 1.807) is 13.8 Å². The molecule has 0 saturated carbocycles. The standard InChI is InChI=1S/C29H41N7O12/c1-13(2)23(31-16(6)37)29(46)34-20(12-22(40)41)27(44)35-24(14(3)4)28(45)30-15(5)25(42)33-19(11-21(38)39)26(43)32-17-7-9-18(10-8-17)36(47)48/h7-10,13-15,19-20,23-24H,11-12H2,1-6H3,(H,30,45)(H,31,37)(H,32,43)(H,33,42)(H,34,46)(H,35,44)(H,38,39)(H,40,41). The quantitative estimate of drug-likeness (QED) is 0.0703. The van der Waals surface area contributed by atoms with Crippen molar-refractivity contribution in [3.63, 3.8) is 0 Å². The number of benzene rings is 1. The first kappa shape index (κ1) is 40.4. The van der Waals surface area contributed by atoms with Crippen molar-refractivity contribution in [2.75, 3.05) is 5.32 Å². The maximum absolute atomic E-state index is 13.2. The lowest BCUT2D eigenvalue weighted by Crippen LogP contribution is -2.60. The van der Waals surface area contributed by atoms with Gasteiger partial charge in [-0.1, -0.05) is 27.7 Å². The summed E-state index contributed by atoms with van der Waals surface area (Å²) in [6.07, 6.45) is -1.72. The number of nitro benzene ring substituents is 1. The number of anilines is 1. The molecule has 0 heterocycles. The number of carbonyl (C=O) groups is 8. The Bertz CT molecular complexity index is 1400. The van der Waals surface area contributed by atoms with Crippen molar-refractivity contribution in [3.8, 4) is 0 Å². The number of nitrogens with zero attached hydrogens (tertiary/aromatic N) is 1. The number of amides is 6. The average molecular weight is 680 g/mol. The molecule has 19 heteroatoms. The van der Waals surface area contributed by atoms with Gasteiger partial charge in [-0.3, -0.25) is 48.5 Å². The first-order valence-corrected chi connectivity index (χ1v) is 14.7. The van der Waals surface area contributed by atoms with Crippen molar-refractivity contribution in [3.05, 3.63) is 34.4 Å². The number of aliphatic carboxylic acids is 2. The number of rotatable bonds is 18. The van der Waals surface area contributed by atoms with Crippen LogP contribution in [0.15, 0.2) is 24.3 Å². The van der Waals surface area contributed by atoms with Crippen LogP contribution >= 0.6 is 0 Å². The summed E-state index contributed by atoms with van der Waals surface area (Å²) >= 11 is 0. The van der Waals surface area contributed by atoms with E-state index in [2.05, 4.69) is 31.9 Å². The second-order valence-corrected chi connectivity index (χ2v) is 11.5. The van der Waals surface area contributed by atoms with Gasteiger partial charge in [-0.05, 0) is 30.9 Å². The summed E-state index contributed by atoms with van der Waals surface area (Å²) in [6.45, 7) is 8.73. The first-order chi connectivity index (χ1) is 22.2. The molecule has 19 nitrogen and oxygen atoms in total. The normalized spacial score (nSPS) is 13.9. The Kier molecular flexibility index (Phi) is 15.6. The number of non-ortho nitro benzene ring substituents is 1. The Labute approximate surface area is 275 Å². The third kappa shape index (κ3) is 13.4. The molecule has 0 spiro atoms. The maximum Gasteiger partial charge on any atom is 0.305 e. The summed E-state index contributed by atoms with van der Waals surface area (Å²) in [5.74, 6) is -9.17. The first-order valence-electron chi connectivity index (χ1n) is 14.7. The third-order valence-electron chi connectivity index (χ3n) is 6.68. The predicted octanol–water partition coefficient (Wildman–Crippen LogP) is -0.741. The van der Waals surface area contributed by atoms with Crippen LogP contribution in [0.25, 0.3) is 0 Å². The van der Waals surface area contributed by atoms with Crippen LogP contribution in [-0.4, -0.2) is 92.7 Å². The molecule has 8 N–H and O–H groups in total.